The van der Waals surface area contributed by atoms with Crippen LogP contribution in [0.4, 0.5) is 0 Å². The summed E-state index contributed by atoms with van der Waals surface area (Å²) in [6, 6.07) is 9.98. The summed E-state index contributed by atoms with van der Waals surface area (Å²) in [6.45, 7) is 5.88. The van der Waals surface area contributed by atoms with Crippen molar-refractivity contribution in [2.24, 2.45) is 0 Å². The molecule has 1 atom stereocenters. The molecule has 0 spiro atoms. The van der Waals surface area contributed by atoms with E-state index in [1.165, 1.54) is 0 Å². The van der Waals surface area contributed by atoms with E-state index in [0.717, 1.165) is 35.7 Å². The minimum absolute atomic E-state index is 0.0377. The topological polar surface area (TPSA) is 75.2 Å². The van der Waals surface area contributed by atoms with Gasteiger partial charge in [-0.05, 0) is 37.1 Å². The third-order valence-corrected chi connectivity index (χ3v) is 4.36. The van der Waals surface area contributed by atoms with Crippen LogP contribution in [0.2, 0.25) is 0 Å². The van der Waals surface area contributed by atoms with Crippen molar-refractivity contribution in [3.63, 3.8) is 0 Å². The average molecular weight is 354 g/mol. The van der Waals surface area contributed by atoms with Gasteiger partial charge < -0.3 is 14.0 Å². The fourth-order valence-electron chi connectivity index (χ4n) is 3.06. The molecule has 0 aliphatic carbocycles. The molecule has 0 radical (unpaired) electrons. The van der Waals surface area contributed by atoms with Crippen molar-refractivity contribution >= 4 is 0 Å². The SMILES string of the molecule is CCCc1noc(-c2cc3n(n2)CC(c2ccc(OCC)cc2)OC3)n1. The molecule has 136 valence electrons. The van der Waals surface area contributed by atoms with Gasteiger partial charge in [0.25, 0.3) is 5.89 Å². The van der Waals surface area contributed by atoms with Crippen molar-refractivity contribution in [1.82, 2.24) is 19.9 Å². The zero-order chi connectivity index (χ0) is 17.9. The van der Waals surface area contributed by atoms with Gasteiger partial charge in [-0.3, -0.25) is 4.68 Å². The molecule has 26 heavy (non-hydrogen) atoms. The maximum Gasteiger partial charge on any atom is 0.278 e. The molecular formula is C19H22N4O3. The first kappa shape index (κ1) is 16.8. The monoisotopic (exact) mass is 354 g/mol. The molecule has 0 fully saturated rings. The van der Waals surface area contributed by atoms with E-state index in [1.54, 1.807) is 0 Å². The zero-order valence-corrected chi connectivity index (χ0v) is 15.0. The fraction of sp³-hybridized carbons (Fsp3) is 0.421. The summed E-state index contributed by atoms with van der Waals surface area (Å²) in [7, 11) is 0. The van der Waals surface area contributed by atoms with Crippen LogP contribution >= 0.6 is 0 Å². The second-order valence-corrected chi connectivity index (χ2v) is 6.27. The molecule has 4 rings (SSSR count). The highest BCUT2D eigenvalue weighted by Crippen LogP contribution is 2.29. The third kappa shape index (κ3) is 3.35. The van der Waals surface area contributed by atoms with E-state index in [1.807, 2.05) is 41.9 Å². The predicted octanol–water partition coefficient (Wildman–Crippen LogP) is 3.56. The van der Waals surface area contributed by atoms with E-state index < -0.39 is 0 Å². The Morgan fingerprint density at radius 1 is 1.23 bits per heavy atom. The maximum absolute atomic E-state index is 6.02. The van der Waals surface area contributed by atoms with Gasteiger partial charge in [0.1, 0.15) is 11.9 Å². The Balaban J connectivity index is 1.50. The minimum Gasteiger partial charge on any atom is -0.494 e. The lowest BCUT2D eigenvalue weighted by atomic mass is 10.1. The summed E-state index contributed by atoms with van der Waals surface area (Å²) >= 11 is 0. The van der Waals surface area contributed by atoms with Crippen molar-refractivity contribution < 1.29 is 14.0 Å². The summed E-state index contributed by atoms with van der Waals surface area (Å²) < 4.78 is 18.8. The second kappa shape index (κ2) is 7.29. The van der Waals surface area contributed by atoms with Crippen molar-refractivity contribution in [1.29, 1.82) is 0 Å². The number of ether oxygens (including phenoxy) is 2. The molecule has 7 heteroatoms. The standard InChI is InChI=1S/C19H22N4O3/c1-3-5-18-20-19(26-22-18)16-10-14-12-25-17(11-23(14)21-16)13-6-8-15(9-7-13)24-4-2/h6-10,17H,3-5,11-12H2,1-2H3. The molecule has 1 aliphatic heterocycles. The van der Waals surface area contributed by atoms with Crippen LogP contribution in [-0.4, -0.2) is 26.5 Å². The Labute approximate surface area is 151 Å². The van der Waals surface area contributed by atoms with Crippen LogP contribution in [0.15, 0.2) is 34.9 Å². The average Bonchev–Trinajstić information content (AvgIpc) is 3.29. The first-order valence-corrected chi connectivity index (χ1v) is 9.01. The van der Waals surface area contributed by atoms with Crippen LogP contribution in [0.3, 0.4) is 0 Å². The first-order chi connectivity index (χ1) is 12.8. The number of rotatable bonds is 6. The molecule has 0 saturated heterocycles. The number of aryl methyl sites for hydroxylation is 1. The van der Waals surface area contributed by atoms with Gasteiger partial charge in [0.2, 0.25) is 0 Å². The molecule has 2 aromatic heterocycles. The largest absolute Gasteiger partial charge is 0.494 e. The van der Waals surface area contributed by atoms with Crippen molar-refractivity contribution in [3.05, 3.63) is 47.4 Å². The van der Waals surface area contributed by atoms with Crippen LogP contribution in [0.5, 0.6) is 5.75 Å². The highest BCUT2D eigenvalue weighted by atomic mass is 16.5. The molecule has 1 aromatic carbocycles. The Morgan fingerprint density at radius 3 is 2.85 bits per heavy atom. The molecule has 1 unspecified atom stereocenters. The van der Waals surface area contributed by atoms with Gasteiger partial charge in [0.15, 0.2) is 11.5 Å². The number of hydrogen-bond acceptors (Lipinski definition) is 6. The van der Waals surface area contributed by atoms with Gasteiger partial charge in [0, 0.05) is 6.42 Å². The molecular weight excluding hydrogens is 332 g/mol. The summed E-state index contributed by atoms with van der Waals surface area (Å²) in [6.07, 6.45) is 1.75. The lowest BCUT2D eigenvalue weighted by Gasteiger charge is -2.24. The summed E-state index contributed by atoms with van der Waals surface area (Å²) in [5.41, 5.74) is 2.82. The predicted molar refractivity (Wildman–Crippen MR) is 94.7 cm³/mol. The maximum atomic E-state index is 6.02. The Kier molecular flexibility index (Phi) is 4.71. The Hall–Kier alpha value is -2.67. The number of nitrogens with zero attached hydrogens (tertiary/aromatic N) is 4. The number of benzene rings is 1. The molecule has 3 heterocycles. The van der Waals surface area contributed by atoms with Gasteiger partial charge in [0.05, 0.1) is 25.5 Å². The van der Waals surface area contributed by atoms with Crippen LogP contribution < -0.4 is 4.74 Å². The number of fused-ring (bicyclic) bond motifs is 1. The van der Waals surface area contributed by atoms with Crippen molar-refractivity contribution in [2.75, 3.05) is 6.61 Å². The molecule has 0 amide bonds. The molecule has 0 N–H and O–H groups in total. The zero-order valence-electron chi connectivity index (χ0n) is 15.0. The van der Waals surface area contributed by atoms with E-state index in [4.69, 9.17) is 14.0 Å². The first-order valence-electron chi connectivity index (χ1n) is 9.01. The normalized spacial score (nSPS) is 16.5. The summed E-state index contributed by atoms with van der Waals surface area (Å²) in [4.78, 5) is 4.41. The lowest BCUT2D eigenvalue weighted by Crippen LogP contribution is -2.21. The quantitative estimate of drug-likeness (QED) is 0.674. The van der Waals surface area contributed by atoms with Gasteiger partial charge in [-0.1, -0.05) is 24.2 Å². The van der Waals surface area contributed by atoms with Crippen LogP contribution in [0.25, 0.3) is 11.6 Å². The van der Waals surface area contributed by atoms with Crippen LogP contribution in [0.1, 0.15) is 43.5 Å². The molecule has 0 bridgehead atoms. The highest BCUT2D eigenvalue weighted by molar-refractivity contribution is 5.47. The number of aromatic nitrogens is 4. The van der Waals surface area contributed by atoms with Crippen molar-refractivity contribution in [2.45, 2.75) is 45.9 Å². The summed E-state index contributed by atoms with van der Waals surface area (Å²) in [5, 5.41) is 8.63. The molecule has 1 aliphatic rings. The van der Waals surface area contributed by atoms with Gasteiger partial charge in [-0.15, -0.1) is 0 Å². The number of hydrogen-bond donors (Lipinski definition) is 0. The van der Waals surface area contributed by atoms with Gasteiger partial charge >= 0.3 is 0 Å². The Morgan fingerprint density at radius 2 is 2.08 bits per heavy atom. The molecule has 7 nitrogen and oxygen atoms in total. The van der Waals surface area contributed by atoms with Crippen LogP contribution in [-0.2, 0) is 24.3 Å². The third-order valence-electron chi connectivity index (χ3n) is 4.36. The van der Waals surface area contributed by atoms with E-state index in [2.05, 4.69) is 22.2 Å². The smallest absolute Gasteiger partial charge is 0.278 e. The second-order valence-electron chi connectivity index (χ2n) is 6.27. The van der Waals surface area contributed by atoms with E-state index in [9.17, 15) is 0 Å². The van der Waals surface area contributed by atoms with E-state index in [0.29, 0.717) is 31.3 Å². The van der Waals surface area contributed by atoms with Gasteiger partial charge in [-0.2, -0.15) is 10.1 Å². The minimum atomic E-state index is -0.0377. The molecule has 3 aromatic rings. The summed E-state index contributed by atoms with van der Waals surface area (Å²) in [5.74, 6) is 2.05. The lowest BCUT2D eigenvalue weighted by molar-refractivity contribution is -0.00115. The fourth-order valence-corrected chi connectivity index (χ4v) is 3.06. The van der Waals surface area contributed by atoms with Crippen molar-refractivity contribution in [3.8, 4) is 17.3 Å². The molecule has 0 saturated carbocycles. The van der Waals surface area contributed by atoms with E-state index >= 15 is 0 Å². The van der Waals surface area contributed by atoms with E-state index in [-0.39, 0.29) is 6.10 Å². The van der Waals surface area contributed by atoms with Crippen LogP contribution in [0, 0.1) is 0 Å². The highest BCUT2D eigenvalue weighted by Gasteiger charge is 2.24. The Bertz CT molecular complexity index is 869. The van der Waals surface area contributed by atoms with Gasteiger partial charge in [-0.25, -0.2) is 0 Å².